The Morgan fingerprint density at radius 2 is 2.25 bits per heavy atom. The summed E-state index contributed by atoms with van der Waals surface area (Å²) in [5.41, 5.74) is 0. The maximum Gasteiger partial charge on any atom is 0.0260 e. The Bertz CT molecular complexity index is 82.4. The van der Waals surface area contributed by atoms with Crippen molar-refractivity contribution < 1.29 is 0 Å². The molecule has 1 nitrogen and oxygen atoms in total. The molecule has 1 saturated carbocycles. The average molecular weight is 111 g/mol. The first-order valence-corrected chi connectivity index (χ1v) is 3.20. The Labute approximate surface area is 50.8 Å². The van der Waals surface area contributed by atoms with Crippen LogP contribution in [-0.4, -0.2) is 6.04 Å². The van der Waals surface area contributed by atoms with E-state index in [0.717, 1.165) is 12.0 Å². The lowest BCUT2D eigenvalue weighted by atomic mass is 9.82. The van der Waals surface area contributed by atoms with E-state index in [2.05, 4.69) is 18.8 Å². The van der Waals surface area contributed by atoms with Gasteiger partial charge in [-0.3, -0.25) is 0 Å². The van der Waals surface area contributed by atoms with Crippen LogP contribution < -0.4 is 5.32 Å². The first-order chi connectivity index (χ1) is 3.83. The molecule has 1 N–H and O–H groups in total. The summed E-state index contributed by atoms with van der Waals surface area (Å²) in [5.74, 6) is 0.937. The first-order valence-electron chi connectivity index (χ1n) is 3.20. The quantitative estimate of drug-likeness (QED) is 0.569. The second-order valence-corrected chi connectivity index (χ2v) is 2.64. The molecular weight excluding hydrogens is 98.1 g/mol. The van der Waals surface area contributed by atoms with Crippen LogP contribution in [0.4, 0.5) is 0 Å². The summed E-state index contributed by atoms with van der Waals surface area (Å²) in [6.07, 6.45) is 4.44. The third-order valence-corrected chi connectivity index (χ3v) is 1.73. The maximum absolute atomic E-state index is 3.60. The van der Waals surface area contributed by atoms with E-state index in [0.29, 0.717) is 0 Å². The minimum atomic E-state index is 0.738. The van der Waals surface area contributed by atoms with Gasteiger partial charge in [-0.2, -0.15) is 0 Å². The molecule has 0 aromatic carbocycles. The van der Waals surface area contributed by atoms with E-state index in [4.69, 9.17) is 0 Å². The van der Waals surface area contributed by atoms with Gasteiger partial charge in [-0.25, -0.2) is 0 Å². The Hall–Kier alpha value is -0.460. The van der Waals surface area contributed by atoms with Gasteiger partial charge in [-0.05, 0) is 25.0 Å². The molecule has 0 aromatic rings. The molecule has 1 rings (SSSR count). The summed E-state index contributed by atoms with van der Waals surface area (Å²) in [5, 5.41) is 3.18. The van der Waals surface area contributed by atoms with Crippen molar-refractivity contribution >= 4 is 0 Å². The molecule has 46 valence electrons. The fraction of sp³-hybridized carbons (Fsp3) is 0.714. The van der Waals surface area contributed by atoms with Gasteiger partial charge in [0.05, 0.1) is 0 Å². The van der Waals surface area contributed by atoms with E-state index in [1.54, 1.807) is 6.20 Å². The summed E-state index contributed by atoms with van der Waals surface area (Å²) in [7, 11) is 0. The van der Waals surface area contributed by atoms with Gasteiger partial charge in [0.25, 0.3) is 0 Å². The Balaban J connectivity index is 2.06. The Kier molecular flexibility index (Phi) is 1.56. The van der Waals surface area contributed by atoms with Crippen LogP contribution >= 0.6 is 0 Å². The topological polar surface area (TPSA) is 12.0 Å². The number of hydrogen-bond acceptors (Lipinski definition) is 1. The third kappa shape index (κ3) is 1.03. The SMILES string of the molecule is C=CNC1CC(C)C1. The van der Waals surface area contributed by atoms with E-state index >= 15 is 0 Å². The van der Waals surface area contributed by atoms with Crippen molar-refractivity contribution in [2.45, 2.75) is 25.8 Å². The van der Waals surface area contributed by atoms with Gasteiger partial charge >= 0.3 is 0 Å². The highest BCUT2D eigenvalue weighted by Crippen LogP contribution is 2.25. The van der Waals surface area contributed by atoms with Gasteiger partial charge in [-0.15, -0.1) is 0 Å². The molecule has 1 aliphatic carbocycles. The highest BCUT2D eigenvalue weighted by atomic mass is 14.9. The van der Waals surface area contributed by atoms with Crippen molar-refractivity contribution in [2.24, 2.45) is 5.92 Å². The molecule has 0 bridgehead atoms. The highest BCUT2D eigenvalue weighted by Gasteiger charge is 2.23. The minimum absolute atomic E-state index is 0.738. The molecule has 0 aromatic heterocycles. The summed E-state index contributed by atoms with van der Waals surface area (Å²) < 4.78 is 0. The van der Waals surface area contributed by atoms with Gasteiger partial charge in [0.2, 0.25) is 0 Å². The standard InChI is InChI=1S/C7H13N/c1-3-8-7-4-6(2)5-7/h3,6-8H,1,4-5H2,2H3. The largest absolute Gasteiger partial charge is 0.389 e. The van der Waals surface area contributed by atoms with Crippen molar-refractivity contribution in [3.8, 4) is 0 Å². The molecule has 1 fully saturated rings. The lowest BCUT2D eigenvalue weighted by Crippen LogP contribution is -2.36. The summed E-state index contributed by atoms with van der Waals surface area (Å²) in [6.45, 7) is 5.88. The van der Waals surface area contributed by atoms with Crippen LogP contribution in [-0.2, 0) is 0 Å². The fourth-order valence-corrected chi connectivity index (χ4v) is 1.21. The molecular formula is C7H13N. The lowest BCUT2D eigenvalue weighted by Gasteiger charge is -2.32. The maximum atomic E-state index is 3.60. The third-order valence-electron chi connectivity index (χ3n) is 1.73. The molecule has 0 spiro atoms. The molecule has 0 saturated heterocycles. The van der Waals surface area contributed by atoms with Crippen LogP contribution in [0.3, 0.4) is 0 Å². The molecule has 8 heavy (non-hydrogen) atoms. The number of nitrogens with one attached hydrogen (secondary N) is 1. The van der Waals surface area contributed by atoms with Crippen molar-refractivity contribution in [1.82, 2.24) is 5.32 Å². The minimum Gasteiger partial charge on any atom is -0.389 e. The van der Waals surface area contributed by atoms with E-state index in [9.17, 15) is 0 Å². The second kappa shape index (κ2) is 2.21. The molecule has 0 radical (unpaired) electrons. The van der Waals surface area contributed by atoms with E-state index in [1.165, 1.54) is 12.8 Å². The molecule has 1 aliphatic rings. The smallest absolute Gasteiger partial charge is 0.0260 e. The lowest BCUT2D eigenvalue weighted by molar-refractivity contribution is 0.261. The van der Waals surface area contributed by atoms with Gasteiger partial charge in [0.15, 0.2) is 0 Å². The highest BCUT2D eigenvalue weighted by molar-refractivity contribution is 4.85. The second-order valence-electron chi connectivity index (χ2n) is 2.64. The van der Waals surface area contributed by atoms with Crippen LogP contribution in [0.15, 0.2) is 12.8 Å². The van der Waals surface area contributed by atoms with Crippen LogP contribution in [0.25, 0.3) is 0 Å². The predicted molar refractivity (Wildman–Crippen MR) is 35.5 cm³/mol. The van der Waals surface area contributed by atoms with Crippen molar-refractivity contribution in [1.29, 1.82) is 0 Å². The first kappa shape index (κ1) is 5.67. The van der Waals surface area contributed by atoms with Crippen LogP contribution in [0, 0.1) is 5.92 Å². The van der Waals surface area contributed by atoms with Crippen LogP contribution in [0.2, 0.25) is 0 Å². The average Bonchev–Trinajstić information content (AvgIpc) is 1.64. The zero-order valence-electron chi connectivity index (χ0n) is 5.35. The number of hydrogen-bond donors (Lipinski definition) is 1. The normalized spacial score (nSPS) is 35.6. The van der Waals surface area contributed by atoms with Crippen molar-refractivity contribution in [2.75, 3.05) is 0 Å². The van der Waals surface area contributed by atoms with Crippen LogP contribution in [0.1, 0.15) is 19.8 Å². The van der Waals surface area contributed by atoms with Gasteiger partial charge in [0, 0.05) is 6.04 Å². The Morgan fingerprint density at radius 3 is 2.62 bits per heavy atom. The van der Waals surface area contributed by atoms with Crippen molar-refractivity contribution in [3.63, 3.8) is 0 Å². The Morgan fingerprint density at radius 1 is 1.62 bits per heavy atom. The van der Waals surface area contributed by atoms with E-state index < -0.39 is 0 Å². The van der Waals surface area contributed by atoms with E-state index in [1.807, 2.05) is 0 Å². The predicted octanol–water partition coefficient (Wildman–Crippen LogP) is 1.52. The molecule has 0 atom stereocenters. The monoisotopic (exact) mass is 111 g/mol. The van der Waals surface area contributed by atoms with Gasteiger partial charge < -0.3 is 5.32 Å². The summed E-state index contributed by atoms with van der Waals surface area (Å²) in [6, 6.07) is 0.738. The van der Waals surface area contributed by atoms with Crippen LogP contribution in [0.5, 0.6) is 0 Å². The number of rotatable bonds is 2. The van der Waals surface area contributed by atoms with Crippen molar-refractivity contribution in [3.05, 3.63) is 12.8 Å². The molecule has 0 amide bonds. The fourth-order valence-electron chi connectivity index (χ4n) is 1.21. The van der Waals surface area contributed by atoms with E-state index in [-0.39, 0.29) is 0 Å². The molecule has 0 aliphatic heterocycles. The molecule has 1 heteroatoms. The van der Waals surface area contributed by atoms with Gasteiger partial charge in [-0.1, -0.05) is 13.5 Å². The summed E-state index contributed by atoms with van der Waals surface area (Å²) in [4.78, 5) is 0. The molecule has 0 heterocycles. The zero-order valence-corrected chi connectivity index (χ0v) is 5.35. The zero-order chi connectivity index (χ0) is 5.98. The molecule has 0 unspecified atom stereocenters. The van der Waals surface area contributed by atoms with Gasteiger partial charge in [0.1, 0.15) is 0 Å². The summed E-state index contributed by atoms with van der Waals surface area (Å²) >= 11 is 0.